The molecule has 9 heteroatoms. The van der Waals surface area contributed by atoms with Gasteiger partial charge in [-0.15, -0.1) is 0 Å². The number of aromatic nitrogens is 2. The summed E-state index contributed by atoms with van der Waals surface area (Å²) in [5.41, 5.74) is 0.306. The Morgan fingerprint density at radius 3 is 2.78 bits per heavy atom. The summed E-state index contributed by atoms with van der Waals surface area (Å²) in [7, 11) is 0. The predicted octanol–water partition coefficient (Wildman–Crippen LogP) is 1.67. The Hall–Kier alpha value is -2.06. The first kappa shape index (κ1) is 17.3. The van der Waals surface area contributed by atoms with Gasteiger partial charge in [0.15, 0.2) is 0 Å². The van der Waals surface area contributed by atoms with Gasteiger partial charge in [0.1, 0.15) is 12.2 Å². The lowest BCUT2D eigenvalue weighted by Gasteiger charge is -2.34. The van der Waals surface area contributed by atoms with E-state index in [9.17, 15) is 22.8 Å². The molecule has 1 aliphatic rings. The number of aromatic amines is 1. The molecule has 0 radical (unpaired) electrons. The number of nitrogens with zero attached hydrogens (tertiary/aromatic N) is 3. The molecule has 1 unspecified atom stereocenters. The smallest absolute Gasteiger partial charge is 0.341 e. The molecule has 1 aromatic rings. The largest absolute Gasteiger partial charge is 0.406 e. The molecule has 2 amide bonds. The molecule has 1 fully saturated rings. The van der Waals surface area contributed by atoms with Crippen molar-refractivity contribution in [2.75, 3.05) is 26.2 Å². The van der Waals surface area contributed by atoms with Crippen molar-refractivity contribution < 1.29 is 22.8 Å². The van der Waals surface area contributed by atoms with Gasteiger partial charge in [0, 0.05) is 19.6 Å². The van der Waals surface area contributed by atoms with Crippen LogP contribution >= 0.6 is 0 Å². The summed E-state index contributed by atoms with van der Waals surface area (Å²) in [6, 6.07) is 0. The number of imidazole rings is 1. The quantitative estimate of drug-likeness (QED) is 0.912. The highest BCUT2D eigenvalue weighted by Crippen LogP contribution is 2.23. The second kappa shape index (κ2) is 7.01. The van der Waals surface area contributed by atoms with Crippen LogP contribution in [0, 0.1) is 5.92 Å². The Balaban J connectivity index is 2.02. The molecule has 0 bridgehead atoms. The van der Waals surface area contributed by atoms with Gasteiger partial charge in [0.2, 0.25) is 5.91 Å². The first-order chi connectivity index (χ1) is 10.8. The predicted molar refractivity (Wildman–Crippen MR) is 75.5 cm³/mol. The molecule has 128 valence electrons. The van der Waals surface area contributed by atoms with E-state index in [2.05, 4.69) is 9.97 Å². The number of likely N-dealkylation sites (tertiary alicyclic amines) is 1. The van der Waals surface area contributed by atoms with Crippen molar-refractivity contribution >= 4 is 11.8 Å². The summed E-state index contributed by atoms with van der Waals surface area (Å²) in [5, 5.41) is 0. The number of amides is 2. The second-order valence-electron chi connectivity index (χ2n) is 5.52. The van der Waals surface area contributed by atoms with Gasteiger partial charge in [-0.25, -0.2) is 4.98 Å². The summed E-state index contributed by atoms with van der Waals surface area (Å²) < 4.78 is 37.6. The van der Waals surface area contributed by atoms with E-state index in [1.807, 2.05) is 0 Å². The molecule has 0 aromatic carbocycles. The molecule has 2 rings (SSSR count). The van der Waals surface area contributed by atoms with Gasteiger partial charge in [-0.3, -0.25) is 9.59 Å². The number of nitrogens with one attached hydrogen (secondary N) is 1. The Morgan fingerprint density at radius 1 is 1.48 bits per heavy atom. The molecular formula is C14H19F3N4O2. The Labute approximate surface area is 131 Å². The number of alkyl halides is 3. The monoisotopic (exact) mass is 332 g/mol. The number of carbonyl (C=O) groups excluding carboxylic acids is 2. The van der Waals surface area contributed by atoms with Crippen LogP contribution in [0.1, 0.15) is 30.3 Å². The minimum absolute atomic E-state index is 0.0106. The van der Waals surface area contributed by atoms with Crippen LogP contribution in [0.5, 0.6) is 0 Å². The molecule has 0 spiro atoms. The standard InChI is InChI=1S/C14H19F3N4O2/c1-2-20(8-14(15,16)17)12(22)10-4-3-5-21(7-10)13(23)11-6-18-9-19-11/h6,9-10H,2-5,7-8H2,1H3,(H,18,19). The molecule has 0 saturated carbocycles. The van der Waals surface area contributed by atoms with Crippen molar-refractivity contribution in [2.45, 2.75) is 25.9 Å². The third-order valence-electron chi connectivity index (χ3n) is 3.85. The van der Waals surface area contributed by atoms with E-state index in [0.717, 1.165) is 4.90 Å². The van der Waals surface area contributed by atoms with Crippen molar-refractivity contribution in [2.24, 2.45) is 5.92 Å². The first-order valence-corrected chi connectivity index (χ1v) is 7.45. The van der Waals surface area contributed by atoms with Crippen molar-refractivity contribution in [3.05, 3.63) is 18.2 Å². The summed E-state index contributed by atoms with van der Waals surface area (Å²) >= 11 is 0. The van der Waals surface area contributed by atoms with E-state index < -0.39 is 24.5 Å². The van der Waals surface area contributed by atoms with Gasteiger partial charge < -0.3 is 14.8 Å². The lowest BCUT2D eigenvalue weighted by molar-refractivity contribution is -0.164. The molecule has 0 aliphatic carbocycles. The maximum absolute atomic E-state index is 12.5. The summed E-state index contributed by atoms with van der Waals surface area (Å²) in [5.74, 6) is -1.44. The maximum atomic E-state index is 12.5. The van der Waals surface area contributed by atoms with Gasteiger partial charge in [-0.05, 0) is 19.8 Å². The summed E-state index contributed by atoms with van der Waals surface area (Å²) in [6.07, 6.45) is -0.594. The average molecular weight is 332 g/mol. The highest BCUT2D eigenvalue weighted by molar-refractivity contribution is 5.92. The zero-order valence-electron chi connectivity index (χ0n) is 12.8. The Kier molecular flexibility index (Phi) is 5.27. The number of halogens is 3. The third-order valence-corrected chi connectivity index (χ3v) is 3.85. The van der Waals surface area contributed by atoms with Gasteiger partial charge in [-0.1, -0.05) is 0 Å². The minimum Gasteiger partial charge on any atom is -0.341 e. The van der Waals surface area contributed by atoms with E-state index in [1.165, 1.54) is 24.3 Å². The number of carbonyl (C=O) groups is 2. The lowest BCUT2D eigenvalue weighted by Crippen LogP contribution is -2.48. The van der Waals surface area contributed by atoms with Gasteiger partial charge in [0.05, 0.1) is 18.4 Å². The van der Waals surface area contributed by atoms with Gasteiger partial charge in [0.25, 0.3) is 5.91 Å². The van der Waals surface area contributed by atoms with Crippen molar-refractivity contribution in [3.8, 4) is 0 Å². The molecule has 1 N–H and O–H groups in total. The van der Waals surface area contributed by atoms with E-state index in [4.69, 9.17) is 0 Å². The fourth-order valence-electron chi connectivity index (χ4n) is 2.73. The number of H-pyrrole nitrogens is 1. The zero-order valence-corrected chi connectivity index (χ0v) is 12.8. The molecule has 23 heavy (non-hydrogen) atoms. The number of rotatable bonds is 4. The second-order valence-corrected chi connectivity index (χ2v) is 5.52. The van der Waals surface area contributed by atoms with Crippen LogP contribution in [0.25, 0.3) is 0 Å². The number of piperidine rings is 1. The number of hydrogen-bond donors (Lipinski definition) is 1. The Bertz CT molecular complexity index is 545. The highest BCUT2D eigenvalue weighted by Gasteiger charge is 2.36. The molecule has 2 heterocycles. The normalized spacial score (nSPS) is 18.8. The molecule has 1 aliphatic heterocycles. The molecular weight excluding hydrogens is 313 g/mol. The Morgan fingerprint density at radius 2 is 2.22 bits per heavy atom. The van der Waals surface area contributed by atoms with E-state index >= 15 is 0 Å². The summed E-state index contributed by atoms with van der Waals surface area (Å²) in [4.78, 5) is 33.3. The highest BCUT2D eigenvalue weighted by atomic mass is 19.4. The zero-order chi connectivity index (χ0) is 17.0. The first-order valence-electron chi connectivity index (χ1n) is 7.45. The van der Waals surface area contributed by atoms with E-state index in [1.54, 1.807) is 0 Å². The van der Waals surface area contributed by atoms with Gasteiger partial charge in [-0.2, -0.15) is 13.2 Å². The van der Waals surface area contributed by atoms with E-state index in [0.29, 0.717) is 25.1 Å². The maximum Gasteiger partial charge on any atom is 0.406 e. The molecule has 1 aromatic heterocycles. The molecule has 1 saturated heterocycles. The topological polar surface area (TPSA) is 69.3 Å². The summed E-state index contributed by atoms with van der Waals surface area (Å²) in [6.45, 7) is 0.856. The van der Waals surface area contributed by atoms with Crippen molar-refractivity contribution in [3.63, 3.8) is 0 Å². The van der Waals surface area contributed by atoms with E-state index in [-0.39, 0.29) is 19.0 Å². The van der Waals surface area contributed by atoms with Crippen molar-refractivity contribution in [1.82, 2.24) is 19.8 Å². The van der Waals surface area contributed by atoms with Crippen LogP contribution in [0.2, 0.25) is 0 Å². The lowest BCUT2D eigenvalue weighted by atomic mass is 9.96. The van der Waals surface area contributed by atoms with Crippen molar-refractivity contribution in [1.29, 1.82) is 0 Å². The van der Waals surface area contributed by atoms with Crippen LogP contribution in [-0.2, 0) is 4.79 Å². The third kappa shape index (κ3) is 4.46. The SMILES string of the molecule is CCN(CC(F)(F)F)C(=O)C1CCCN(C(=O)c2cnc[nH]2)C1. The van der Waals surface area contributed by atoms with Crippen LogP contribution in [0.3, 0.4) is 0 Å². The fourth-order valence-corrected chi connectivity index (χ4v) is 2.73. The fraction of sp³-hybridized carbons (Fsp3) is 0.643. The number of hydrogen-bond acceptors (Lipinski definition) is 3. The minimum atomic E-state index is -4.42. The average Bonchev–Trinajstić information content (AvgIpc) is 3.05. The molecule has 6 nitrogen and oxygen atoms in total. The van der Waals surface area contributed by atoms with Gasteiger partial charge >= 0.3 is 6.18 Å². The van der Waals surface area contributed by atoms with Crippen LogP contribution in [0.4, 0.5) is 13.2 Å². The molecule has 1 atom stereocenters. The van der Waals surface area contributed by atoms with Crippen LogP contribution in [-0.4, -0.2) is 63.9 Å². The van der Waals surface area contributed by atoms with Crippen LogP contribution in [0.15, 0.2) is 12.5 Å². The van der Waals surface area contributed by atoms with Crippen LogP contribution < -0.4 is 0 Å².